The highest BCUT2D eigenvalue weighted by molar-refractivity contribution is 5.98. The van der Waals surface area contributed by atoms with Gasteiger partial charge in [0.2, 0.25) is 5.91 Å². The number of hydrogen-bond donors (Lipinski definition) is 1. The highest BCUT2D eigenvalue weighted by atomic mass is 16.5. The molecule has 1 amide bonds. The first-order valence-corrected chi connectivity index (χ1v) is 11.2. The number of ketones is 1. The van der Waals surface area contributed by atoms with Gasteiger partial charge in [0.15, 0.2) is 5.78 Å². The van der Waals surface area contributed by atoms with Crippen LogP contribution in [0, 0.1) is 0 Å². The predicted octanol–water partition coefficient (Wildman–Crippen LogP) is 3.99. The Morgan fingerprint density at radius 3 is 2.62 bits per heavy atom. The van der Waals surface area contributed by atoms with Gasteiger partial charge in [-0.3, -0.25) is 9.59 Å². The molecule has 0 spiro atoms. The van der Waals surface area contributed by atoms with E-state index in [-0.39, 0.29) is 30.5 Å². The van der Waals surface area contributed by atoms with Crippen molar-refractivity contribution in [2.24, 2.45) is 0 Å². The SMILES string of the molecule is COC(=O)c1ccc2[nH]c3c(c2c1)CN(C(=O)CCC(=O)c1ccc2c(c1)CCC2)CC3. The molecule has 6 heteroatoms. The Labute approximate surface area is 186 Å². The van der Waals surface area contributed by atoms with Crippen molar-refractivity contribution >= 4 is 28.6 Å². The zero-order valence-corrected chi connectivity index (χ0v) is 18.2. The number of nitrogens with one attached hydrogen (secondary N) is 1. The molecule has 1 aliphatic carbocycles. The van der Waals surface area contributed by atoms with Gasteiger partial charge in [0.1, 0.15) is 0 Å². The maximum atomic E-state index is 12.9. The van der Waals surface area contributed by atoms with Gasteiger partial charge in [-0.25, -0.2) is 4.79 Å². The number of methoxy groups -OCH3 is 1. The predicted molar refractivity (Wildman–Crippen MR) is 121 cm³/mol. The van der Waals surface area contributed by atoms with Crippen molar-refractivity contribution in [2.75, 3.05) is 13.7 Å². The van der Waals surface area contributed by atoms with Gasteiger partial charge < -0.3 is 14.6 Å². The van der Waals surface area contributed by atoms with Gasteiger partial charge in [-0.2, -0.15) is 0 Å². The number of esters is 1. The summed E-state index contributed by atoms with van der Waals surface area (Å²) in [6.07, 6.45) is 4.43. The topological polar surface area (TPSA) is 79.5 Å². The molecule has 0 saturated carbocycles. The summed E-state index contributed by atoms with van der Waals surface area (Å²) >= 11 is 0. The number of rotatable bonds is 5. The fourth-order valence-electron chi connectivity index (χ4n) is 4.94. The Morgan fingerprint density at radius 1 is 0.969 bits per heavy atom. The van der Waals surface area contributed by atoms with Crippen LogP contribution in [0.2, 0.25) is 0 Å². The normalized spacial score (nSPS) is 14.8. The number of aryl methyl sites for hydroxylation is 2. The zero-order chi connectivity index (χ0) is 22.2. The minimum Gasteiger partial charge on any atom is -0.465 e. The van der Waals surface area contributed by atoms with Crippen molar-refractivity contribution < 1.29 is 19.1 Å². The van der Waals surface area contributed by atoms with Crippen molar-refractivity contribution in [2.45, 2.75) is 45.1 Å². The summed E-state index contributed by atoms with van der Waals surface area (Å²) in [6, 6.07) is 11.4. The van der Waals surface area contributed by atoms with E-state index in [9.17, 15) is 14.4 Å². The van der Waals surface area contributed by atoms with Gasteiger partial charge >= 0.3 is 5.97 Å². The summed E-state index contributed by atoms with van der Waals surface area (Å²) in [5.74, 6) is -0.361. The molecule has 3 aromatic rings. The number of aromatic nitrogens is 1. The number of Topliss-reactive ketones (excluding diaryl/α,β-unsaturated/α-hetero) is 1. The molecule has 2 aliphatic rings. The van der Waals surface area contributed by atoms with Crippen LogP contribution in [0.25, 0.3) is 10.9 Å². The van der Waals surface area contributed by atoms with E-state index in [0.29, 0.717) is 24.2 Å². The lowest BCUT2D eigenvalue weighted by atomic mass is 10.00. The monoisotopic (exact) mass is 430 g/mol. The third-order valence-corrected chi connectivity index (χ3v) is 6.74. The molecule has 5 rings (SSSR count). The first-order chi connectivity index (χ1) is 15.5. The third kappa shape index (κ3) is 3.70. The van der Waals surface area contributed by atoms with Gasteiger partial charge in [-0.1, -0.05) is 12.1 Å². The van der Waals surface area contributed by atoms with Crippen LogP contribution in [0.15, 0.2) is 36.4 Å². The van der Waals surface area contributed by atoms with Crippen molar-refractivity contribution in [1.29, 1.82) is 0 Å². The van der Waals surface area contributed by atoms with E-state index in [1.807, 2.05) is 29.2 Å². The van der Waals surface area contributed by atoms with E-state index in [1.165, 1.54) is 18.2 Å². The highest BCUT2D eigenvalue weighted by Crippen LogP contribution is 2.29. The molecule has 6 nitrogen and oxygen atoms in total. The molecule has 2 aromatic carbocycles. The molecule has 1 N–H and O–H groups in total. The second-order valence-electron chi connectivity index (χ2n) is 8.66. The van der Waals surface area contributed by atoms with E-state index < -0.39 is 0 Å². The number of ether oxygens (including phenoxy) is 1. The average molecular weight is 431 g/mol. The summed E-state index contributed by atoms with van der Waals surface area (Å²) < 4.78 is 4.83. The number of benzene rings is 2. The number of H-pyrrole nitrogens is 1. The lowest BCUT2D eigenvalue weighted by Crippen LogP contribution is -2.35. The van der Waals surface area contributed by atoms with Gasteiger partial charge in [-0.05, 0) is 54.7 Å². The largest absolute Gasteiger partial charge is 0.465 e. The van der Waals surface area contributed by atoms with Crippen molar-refractivity contribution in [3.05, 3.63) is 69.9 Å². The maximum Gasteiger partial charge on any atom is 0.337 e. The minimum atomic E-state index is -0.379. The Hall–Kier alpha value is -3.41. The molecule has 2 heterocycles. The van der Waals surface area contributed by atoms with Gasteiger partial charge in [0, 0.05) is 60.1 Å². The molecule has 0 bridgehead atoms. The Balaban J connectivity index is 1.27. The molecule has 0 radical (unpaired) electrons. The van der Waals surface area contributed by atoms with Gasteiger partial charge in [-0.15, -0.1) is 0 Å². The van der Waals surface area contributed by atoms with Crippen LogP contribution in [0.5, 0.6) is 0 Å². The summed E-state index contributed by atoms with van der Waals surface area (Å²) in [6.45, 7) is 1.10. The zero-order valence-electron chi connectivity index (χ0n) is 18.2. The summed E-state index contributed by atoms with van der Waals surface area (Å²) in [4.78, 5) is 42.7. The second kappa shape index (κ2) is 8.26. The number of aromatic amines is 1. The average Bonchev–Trinajstić information content (AvgIpc) is 3.44. The molecular formula is C26H26N2O4. The molecule has 0 atom stereocenters. The molecular weight excluding hydrogens is 404 g/mol. The van der Waals surface area contributed by atoms with Crippen molar-refractivity contribution in [3.63, 3.8) is 0 Å². The Bertz CT molecular complexity index is 1240. The molecule has 0 fully saturated rings. The van der Waals surface area contributed by atoms with E-state index in [0.717, 1.165) is 47.8 Å². The number of nitrogens with zero attached hydrogens (tertiary/aromatic N) is 1. The Kier molecular flexibility index (Phi) is 5.29. The smallest absolute Gasteiger partial charge is 0.337 e. The van der Waals surface area contributed by atoms with Crippen LogP contribution in [0.3, 0.4) is 0 Å². The van der Waals surface area contributed by atoms with E-state index in [1.54, 1.807) is 6.07 Å². The van der Waals surface area contributed by atoms with Gasteiger partial charge in [0.05, 0.1) is 12.7 Å². The number of fused-ring (bicyclic) bond motifs is 4. The van der Waals surface area contributed by atoms with Crippen LogP contribution in [-0.2, 0) is 35.3 Å². The van der Waals surface area contributed by atoms with Crippen LogP contribution < -0.4 is 0 Å². The minimum absolute atomic E-state index is 0.0105. The van der Waals surface area contributed by atoms with Crippen molar-refractivity contribution in [3.8, 4) is 0 Å². The standard InChI is InChI=1S/C26H26N2O4/c1-32-26(31)19-7-8-22-20(14-19)21-15-28(12-11-23(21)27-22)25(30)10-9-24(29)18-6-5-16-3-2-4-17(16)13-18/h5-8,13-14,27H,2-4,9-12,15H2,1H3. The van der Waals surface area contributed by atoms with E-state index in [4.69, 9.17) is 4.74 Å². The lowest BCUT2D eigenvalue weighted by molar-refractivity contribution is -0.132. The number of carbonyl (C=O) groups is 3. The van der Waals surface area contributed by atoms with Crippen LogP contribution in [0.4, 0.5) is 0 Å². The quantitative estimate of drug-likeness (QED) is 0.490. The van der Waals surface area contributed by atoms with Crippen molar-refractivity contribution in [1.82, 2.24) is 9.88 Å². The highest BCUT2D eigenvalue weighted by Gasteiger charge is 2.25. The number of carbonyl (C=O) groups excluding carboxylic acids is 3. The lowest BCUT2D eigenvalue weighted by Gasteiger charge is -2.27. The number of hydrogen-bond acceptors (Lipinski definition) is 4. The molecule has 1 aromatic heterocycles. The molecule has 164 valence electrons. The second-order valence-corrected chi connectivity index (χ2v) is 8.66. The molecule has 0 saturated heterocycles. The van der Waals surface area contributed by atoms with Crippen LogP contribution in [-0.4, -0.2) is 41.2 Å². The summed E-state index contributed by atoms with van der Waals surface area (Å²) in [7, 11) is 1.36. The number of amides is 1. The van der Waals surface area contributed by atoms with E-state index >= 15 is 0 Å². The first kappa shape index (κ1) is 20.5. The van der Waals surface area contributed by atoms with Gasteiger partial charge in [0.25, 0.3) is 0 Å². The van der Waals surface area contributed by atoms with Crippen LogP contribution >= 0.6 is 0 Å². The van der Waals surface area contributed by atoms with Crippen LogP contribution in [0.1, 0.15) is 62.4 Å². The first-order valence-electron chi connectivity index (χ1n) is 11.2. The Morgan fingerprint density at radius 2 is 1.78 bits per heavy atom. The molecule has 0 unspecified atom stereocenters. The fraction of sp³-hybridized carbons (Fsp3) is 0.346. The summed E-state index contributed by atoms with van der Waals surface area (Å²) in [5.41, 5.74) is 6.91. The molecule has 1 aliphatic heterocycles. The fourth-order valence-corrected chi connectivity index (χ4v) is 4.94. The third-order valence-electron chi connectivity index (χ3n) is 6.74. The summed E-state index contributed by atoms with van der Waals surface area (Å²) in [5, 5.41) is 0.939. The van der Waals surface area contributed by atoms with E-state index in [2.05, 4.69) is 11.1 Å². The maximum absolute atomic E-state index is 12.9. The molecule has 32 heavy (non-hydrogen) atoms.